The summed E-state index contributed by atoms with van der Waals surface area (Å²) in [5, 5.41) is 4.44. The molecule has 3 aromatic heterocycles. The molecule has 0 spiro atoms. The van der Waals surface area contributed by atoms with Crippen molar-refractivity contribution in [2.45, 2.75) is 37.6 Å². The lowest BCUT2D eigenvalue weighted by Crippen LogP contribution is -2.30. The third-order valence-electron chi connectivity index (χ3n) is 6.05. The second-order valence-electron chi connectivity index (χ2n) is 8.00. The van der Waals surface area contributed by atoms with Crippen molar-refractivity contribution in [1.29, 1.82) is 0 Å². The largest absolute Gasteiger partial charge is 0.384 e. The summed E-state index contributed by atoms with van der Waals surface area (Å²) in [6, 6.07) is 14.4. The van der Waals surface area contributed by atoms with E-state index in [2.05, 4.69) is 10.1 Å². The van der Waals surface area contributed by atoms with Crippen LogP contribution in [0.4, 0.5) is 5.82 Å². The van der Waals surface area contributed by atoms with Gasteiger partial charge in [0, 0.05) is 40.5 Å². The average Bonchev–Trinajstić information content (AvgIpc) is 3.22. The molecule has 7 heteroatoms. The molecule has 1 aliphatic rings. The molecule has 4 aromatic rings. The van der Waals surface area contributed by atoms with Crippen LogP contribution in [-0.4, -0.2) is 33.5 Å². The minimum Gasteiger partial charge on any atom is -0.384 e. The van der Waals surface area contributed by atoms with Gasteiger partial charge in [0.05, 0.1) is 11.9 Å². The lowest BCUT2D eigenvalue weighted by atomic mass is 9.79. The van der Waals surface area contributed by atoms with Crippen molar-refractivity contribution in [3.05, 3.63) is 60.6 Å². The molecule has 1 aromatic carbocycles. The number of rotatable bonds is 3. The highest BCUT2D eigenvalue weighted by atomic mass is 15.3. The van der Waals surface area contributed by atoms with Gasteiger partial charge in [-0.15, -0.1) is 0 Å². The summed E-state index contributed by atoms with van der Waals surface area (Å²) in [6.07, 6.45) is 7.54. The Kier molecular flexibility index (Phi) is 4.75. The highest BCUT2D eigenvalue weighted by Gasteiger charge is 2.25. The van der Waals surface area contributed by atoms with Crippen LogP contribution >= 0.6 is 0 Å². The van der Waals surface area contributed by atoms with E-state index in [9.17, 15) is 0 Å². The average molecular weight is 394 g/mol. The molecule has 148 valence electrons. The Labute approximate surface area is 176 Å². The van der Waals surface area contributed by atoms with E-state index in [-0.39, 0.29) is 12.0 Å². The lowest BCUT2D eigenvalue weighted by Gasteiger charge is -2.27. The third kappa shape index (κ3) is 3.25. The summed E-state index contributed by atoms with van der Waals surface area (Å²) < 4.78 is 1.62. The normalized spacial score (nSPS) is 19.2. The van der Waals surface area contributed by atoms with E-state index in [0.717, 1.165) is 53.8 Å². The maximum absolute atomic E-state index is 6.35. The maximum Gasteiger partial charge on any atom is 0.165 e. The molecule has 0 aliphatic heterocycles. The Morgan fingerprint density at radius 2 is 1.70 bits per heavy atom. The molecule has 2 radical (unpaired) electrons. The van der Waals surface area contributed by atoms with Crippen molar-refractivity contribution in [1.82, 2.24) is 19.6 Å². The van der Waals surface area contributed by atoms with Gasteiger partial charge in [-0.05, 0) is 37.2 Å². The quantitative estimate of drug-likeness (QED) is 0.521. The molecule has 4 N–H and O–H groups in total. The van der Waals surface area contributed by atoms with Crippen LogP contribution in [0.25, 0.3) is 28.0 Å². The van der Waals surface area contributed by atoms with Crippen LogP contribution in [0, 0.1) is 0 Å². The smallest absolute Gasteiger partial charge is 0.165 e. The van der Waals surface area contributed by atoms with Crippen LogP contribution in [0.15, 0.2) is 54.9 Å². The summed E-state index contributed by atoms with van der Waals surface area (Å²) in [5.41, 5.74) is 18.3. The number of aromatic nitrogens is 4. The van der Waals surface area contributed by atoms with Crippen molar-refractivity contribution in [3.63, 3.8) is 0 Å². The number of nitrogens with two attached hydrogens (primary N) is 2. The van der Waals surface area contributed by atoms with E-state index < -0.39 is 0 Å². The van der Waals surface area contributed by atoms with Crippen molar-refractivity contribution >= 4 is 24.8 Å². The van der Waals surface area contributed by atoms with Gasteiger partial charge in [-0.1, -0.05) is 36.4 Å². The van der Waals surface area contributed by atoms with Crippen molar-refractivity contribution in [3.8, 4) is 22.4 Å². The molecule has 30 heavy (non-hydrogen) atoms. The SMILES string of the molecule is [B]c1c(C2CCC(N)CC2)nc2c(-c3ccc(-c4ccccc4)nc3)cnn2c1N. The Morgan fingerprint density at radius 3 is 2.40 bits per heavy atom. The fraction of sp³-hybridized carbons (Fsp3) is 0.261. The molecule has 0 saturated heterocycles. The predicted molar refractivity (Wildman–Crippen MR) is 121 cm³/mol. The van der Waals surface area contributed by atoms with Crippen LogP contribution in [0.5, 0.6) is 0 Å². The topological polar surface area (TPSA) is 95.1 Å². The Bertz CT molecular complexity index is 1180. The molecule has 1 saturated carbocycles. The number of nitrogen functional groups attached to an aromatic ring is 1. The predicted octanol–water partition coefficient (Wildman–Crippen LogP) is 2.82. The fourth-order valence-electron chi connectivity index (χ4n) is 4.29. The standard InChI is InChI=1S/C23H23BN6/c24-20-21(15-6-9-17(25)10-7-15)29-23-18(13-28-30(23)22(20)26)16-8-11-19(27-12-16)14-4-2-1-3-5-14/h1-5,8,11-13,15,17H,6-7,9-10,25-26H2. The number of nitrogens with zero attached hydrogens (tertiary/aromatic N) is 4. The van der Waals surface area contributed by atoms with Crippen molar-refractivity contribution in [2.24, 2.45) is 5.73 Å². The molecular weight excluding hydrogens is 371 g/mol. The molecular formula is C23H23BN6. The number of hydrogen-bond donors (Lipinski definition) is 2. The highest BCUT2D eigenvalue weighted by molar-refractivity contribution is 6.36. The number of hydrogen-bond acceptors (Lipinski definition) is 5. The van der Waals surface area contributed by atoms with Gasteiger partial charge < -0.3 is 11.5 Å². The molecule has 5 rings (SSSR count). The first-order valence-corrected chi connectivity index (χ1v) is 10.3. The molecule has 0 bridgehead atoms. The Hall–Kier alpha value is -3.19. The summed E-state index contributed by atoms with van der Waals surface area (Å²) >= 11 is 0. The number of anilines is 1. The van der Waals surface area contributed by atoms with E-state index in [1.165, 1.54) is 0 Å². The summed E-state index contributed by atoms with van der Waals surface area (Å²) in [5.74, 6) is 0.711. The fourth-order valence-corrected chi connectivity index (χ4v) is 4.29. The van der Waals surface area contributed by atoms with Crippen LogP contribution in [-0.2, 0) is 0 Å². The van der Waals surface area contributed by atoms with Crippen LogP contribution < -0.4 is 16.9 Å². The minimum atomic E-state index is 0.267. The monoisotopic (exact) mass is 394 g/mol. The zero-order valence-electron chi connectivity index (χ0n) is 16.7. The summed E-state index contributed by atoms with van der Waals surface area (Å²) in [4.78, 5) is 9.57. The minimum absolute atomic E-state index is 0.267. The molecule has 6 nitrogen and oxygen atoms in total. The van der Waals surface area contributed by atoms with Gasteiger partial charge in [-0.2, -0.15) is 9.61 Å². The van der Waals surface area contributed by atoms with E-state index in [1.807, 2.05) is 48.7 Å². The summed E-state index contributed by atoms with van der Waals surface area (Å²) in [6.45, 7) is 0. The van der Waals surface area contributed by atoms with Gasteiger partial charge in [0.2, 0.25) is 0 Å². The molecule has 1 fully saturated rings. The summed E-state index contributed by atoms with van der Waals surface area (Å²) in [7, 11) is 6.35. The zero-order chi connectivity index (χ0) is 20.7. The van der Waals surface area contributed by atoms with Gasteiger partial charge in [0.15, 0.2) is 5.65 Å². The van der Waals surface area contributed by atoms with Crippen LogP contribution in [0.1, 0.15) is 37.3 Å². The van der Waals surface area contributed by atoms with Gasteiger partial charge in [0.1, 0.15) is 13.7 Å². The second-order valence-corrected chi connectivity index (χ2v) is 8.00. The number of pyridine rings is 1. The van der Waals surface area contributed by atoms with Gasteiger partial charge in [-0.25, -0.2) is 4.98 Å². The first-order chi connectivity index (χ1) is 14.6. The molecule has 0 unspecified atom stereocenters. The van der Waals surface area contributed by atoms with E-state index in [1.54, 1.807) is 10.7 Å². The first kappa shape index (κ1) is 18.8. The van der Waals surface area contributed by atoms with Gasteiger partial charge in [-0.3, -0.25) is 4.98 Å². The second kappa shape index (κ2) is 7.57. The Balaban J connectivity index is 1.55. The third-order valence-corrected chi connectivity index (χ3v) is 6.05. The number of fused-ring (bicyclic) bond motifs is 1. The first-order valence-electron chi connectivity index (χ1n) is 10.3. The molecule has 0 atom stereocenters. The number of benzene rings is 1. The van der Waals surface area contributed by atoms with Crippen LogP contribution in [0.3, 0.4) is 0 Å². The van der Waals surface area contributed by atoms with E-state index in [0.29, 0.717) is 16.9 Å². The lowest BCUT2D eigenvalue weighted by molar-refractivity contribution is 0.392. The van der Waals surface area contributed by atoms with Crippen LogP contribution in [0.2, 0.25) is 0 Å². The van der Waals surface area contributed by atoms with E-state index >= 15 is 0 Å². The van der Waals surface area contributed by atoms with Crippen molar-refractivity contribution in [2.75, 3.05) is 5.73 Å². The highest BCUT2D eigenvalue weighted by Crippen LogP contribution is 2.33. The Morgan fingerprint density at radius 1 is 0.933 bits per heavy atom. The van der Waals surface area contributed by atoms with Gasteiger partial charge in [0.25, 0.3) is 0 Å². The maximum atomic E-state index is 6.35. The van der Waals surface area contributed by atoms with Gasteiger partial charge >= 0.3 is 0 Å². The molecule has 0 amide bonds. The molecule has 3 heterocycles. The zero-order valence-corrected chi connectivity index (χ0v) is 16.7. The van der Waals surface area contributed by atoms with Crippen molar-refractivity contribution < 1.29 is 0 Å². The molecule has 1 aliphatic carbocycles. The van der Waals surface area contributed by atoms with E-state index in [4.69, 9.17) is 24.3 Å².